The molecule has 6 heterocycles. The van der Waals surface area contributed by atoms with Crippen molar-refractivity contribution >= 4 is 11.8 Å². The molecule has 2 unspecified atom stereocenters. The fourth-order valence-electron chi connectivity index (χ4n) is 5.08. The van der Waals surface area contributed by atoms with Crippen molar-refractivity contribution in [1.29, 1.82) is 0 Å². The minimum absolute atomic E-state index is 0.0633. The number of piperidine rings is 6. The van der Waals surface area contributed by atoms with Gasteiger partial charge in [0, 0.05) is 13.1 Å². The van der Waals surface area contributed by atoms with Gasteiger partial charge in [-0.05, 0) is 76.5 Å². The maximum Gasteiger partial charge on any atom is 0.237 e. The lowest BCUT2D eigenvalue weighted by Gasteiger charge is -2.44. The van der Waals surface area contributed by atoms with Gasteiger partial charge < -0.3 is 10.6 Å². The first kappa shape index (κ1) is 16.3. The van der Waals surface area contributed by atoms with Crippen LogP contribution in [0.5, 0.6) is 0 Å². The summed E-state index contributed by atoms with van der Waals surface area (Å²) in [4.78, 5) is 29.4. The highest BCUT2D eigenvalue weighted by molar-refractivity contribution is 5.83. The van der Waals surface area contributed by atoms with Gasteiger partial charge in [-0.25, -0.2) is 0 Å². The van der Waals surface area contributed by atoms with Crippen LogP contribution in [-0.2, 0) is 9.59 Å². The van der Waals surface area contributed by atoms with Gasteiger partial charge >= 0.3 is 0 Å². The third-order valence-corrected chi connectivity index (χ3v) is 6.62. The second kappa shape index (κ2) is 7.00. The molecule has 6 aliphatic rings. The van der Waals surface area contributed by atoms with Gasteiger partial charge in [0.2, 0.25) is 11.8 Å². The van der Waals surface area contributed by atoms with Crippen LogP contribution < -0.4 is 10.6 Å². The number of hydrogen-bond donors (Lipinski definition) is 2. The quantitative estimate of drug-likeness (QED) is 0.705. The van der Waals surface area contributed by atoms with E-state index in [0.717, 1.165) is 50.9 Å². The Hall–Kier alpha value is -1.14. The first-order valence-corrected chi connectivity index (χ1v) is 9.74. The molecule has 6 fully saturated rings. The van der Waals surface area contributed by atoms with Crippen LogP contribution in [0.1, 0.15) is 38.5 Å². The van der Waals surface area contributed by atoms with Gasteiger partial charge in [-0.1, -0.05) is 0 Å². The molecule has 0 spiro atoms. The molecule has 0 aromatic heterocycles. The van der Waals surface area contributed by atoms with E-state index in [4.69, 9.17) is 0 Å². The Morgan fingerprint density at radius 3 is 1.38 bits per heavy atom. The molecule has 0 radical (unpaired) electrons. The summed E-state index contributed by atoms with van der Waals surface area (Å²) >= 11 is 0. The van der Waals surface area contributed by atoms with Crippen LogP contribution in [0.4, 0.5) is 0 Å². The fourth-order valence-corrected chi connectivity index (χ4v) is 5.08. The average molecular weight is 334 g/mol. The molecule has 6 saturated heterocycles. The van der Waals surface area contributed by atoms with E-state index in [1.54, 1.807) is 0 Å². The molecule has 134 valence electrons. The Kier molecular flexibility index (Phi) is 4.77. The third-order valence-electron chi connectivity index (χ3n) is 6.62. The zero-order valence-electron chi connectivity index (χ0n) is 14.5. The second-order valence-corrected chi connectivity index (χ2v) is 8.04. The van der Waals surface area contributed by atoms with Crippen LogP contribution in [0.25, 0.3) is 0 Å². The molecule has 2 amide bonds. The highest BCUT2D eigenvalue weighted by atomic mass is 16.2. The first-order chi connectivity index (χ1) is 11.7. The fraction of sp³-hybridized carbons (Fsp3) is 0.889. The van der Waals surface area contributed by atoms with Crippen LogP contribution in [0.2, 0.25) is 0 Å². The molecular formula is C18H30N4O2. The standard InChI is InChI=1S/C18H30N4O2/c23-17(15-11-13-1-7-21(15)8-2-13)19-5-6-20-18(24)16-12-14-3-9-22(16)10-4-14/h13-16H,1-12H2,(H,19,23)(H,20,24). The first-order valence-electron chi connectivity index (χ1n) is 9.74. The summed E-state index contributed by atoms with van der Waals surface area (Å²) in [6.45, 7) is 5.35. The van der Waals surface area contributed by atoms with E-state index in [0.29, 0.717) is 13.1 Å². The molecule has 2 atom stereocenters. The molecular weight excluding hydrogens is 304 g/mol. The third kappa shape index (κ3) is 3.31. The summed E-state index contributed by atoms with van der Waals surface area (Å²) in [7, 11) is 0. The van der Waals surface area contributed by atoms with Crippen molar-refractivity contribution in [2.45, 2.75) is 50.6 Å². The van der Waals surface area contributed by atoms with Gasteiger partial charge in [-0.2, -0.15) is 0 Å². The highest BCUT2D eigenvalue weighted by Crippen LogP contribution is 2.32. The van der Waals surface area contributed by atoms with Crippen LogP contribution in [-0.4, -0.2) is 73.0 Å². The smallest absolute Gasteiger partial charge is 0.237 e. The number of fused-ring (bicyclic) bond motifs is 6. The summed E-state index contributed by atoms with van der Waals surface area (Å²) in [5.41, 5.74) is 0. The predicted octanol–water partition coefficient (Wildman–Crippen LogP) is 0.187. The number of carbonyl (C=O) groups is 2. The Balaban J connectivity index is 1.17. The molecule has 6 nitrogen and oxygen atoms in total. The average Bonchev–Trinajstić information content (AvgIpc) is 2.66. The zero-order valence-corrected chi connectivity index (χ0v) is 14.5. The maximum absolute atomic E-state index is 12.4. The van der Waals surface area contributed by atoms with Crippen molar-refractivity contribution in [3.8, 4) is 0 Å². The minimum atomic E-state index is 0.0633. The van der Waals surface area contributed by atoms with E-state index < -0.39 is 0 Å². The lowest BCUT2D eigenvalue weighted by Crippen LogP contribution is -2.57. The van der Waals surface area contributed by atoms with E-state index >= 15 is 0 Å². The molecule has 6 heteroatoms. The Labute approximate surface area is 144 Å². The van der Waals surface area contributed by atoms with E-state index in [9.17, 15) is 9.59 Å². The molecule has 2 N–H and O–H groups in total. The van der Waals surface area contributed by atoms with Crippen molar-refractivity contribution < 1.29 is 9.59 Å². The second-order valence-electron chi connectivity index (χ2n) is 8.04. The van der Waals surface area contributed by atoms with Crippen molar-refractivity contribution in [3.05, 3.63) is 0 Å². The van der Waals surface area contributed by atoms with E-state index in [2.05, 4.69) is 20.4 Å². The molecule has 24 heavy (non-hydrogen) atoms. The number of hydrogen-bond acceptors (Lipinski definition) is 4. The molecule has 4 bridgehead atoms. The van der Waals surface area contributed by atoms with E-state index in [1.165, 1.54) is 25.7 Å². The summed E-state index contributed by atoms with van der Waals surface area (Å²) in [5.74, 6) is 1.77. The normalized spacial score (nSPS) is 40.3. The van der Waals surface area contributed by atoms with E-state index in [1.807, 2.05) is 0 Å². The van der Waals surface area contributed by atoms with E-state index in [-0.39, 0.29) is 23.9 Å². The number of rotatable bonds is 5. The summed E-state index contributed by atoms with van der Waals surface area (Å²) in [6.07, 6.45) is 7.02. The molecule has 0 aromatic carbocycles. The van der Waals surface area contributed by atoms with Crippen molar-refractivity contribution in [3.63, 3.8) is 0 Å². The molecule has 0 aliphatic carbocycles. The topological polar surface area (TPSA) is 64.7 Å². The van der Waals surface area contributed by atoms with Crippen molar-refractivity contribution in [2.75, 3.05) is 39.3 Å². The monoisotopic (exact) mass is 334 g/mol. The Morgan fingerprint density at radius 2 is 1.08 bits per heavy atom. The van der Waals surface area contributed by atoms with Gasteiger partial charge in [0.15, 0.2) is 0 Å². The largest absolute Gasteiger partial charge is 0.353 e. The van der Waals surface area contributed by atoms with Gasteiger partial charge in [0.05, 0.1) is 12.1 Å². The zero-order chi connectivity index (χ0) is 16.5. The SMILES string of the molecule is O=C(NCCNC(=O)C1CC2CCN1CC2)C1CC2CCN1CC2. The minimum Gasteiger partial charge on any atom is -0.353 e. The number of nitrogens with zero attached hydrogens (tertiary/aromatic N) is 2. The summed E-state index contributed by atoms with van der Waals surface area (Å²) < 4.78 is 0. The lowest BCUT2D eigenvalue weighted by molar-refractivity contribution is -0.132. The van der Waals surface area contributed by atoms with Gasteiger partial charge in [-0.15, -0.1) is 0 Å². The predicted molar refractivity (Wildman–Crippen MR) is 91.4 cm³/mol. The Bertz CT molecular complexity index is 437. The van der Waals surface area contributed by atoms with Crippen molar-refractivity contribution in [1.82, 2.24) is 20.4 Å². The maximum atomic E-state index is 12.4. The number of nitrogens with one attached hydrogen (secondary N) is 2. The van der Waals surface area contributed by atoms with Crippen molar-refractivity contribution in [2.24, 2.45) is 11.8 Å². The van der Waals surface area contributed by atoms with Crippen LogP contribution in [0.3, 0.4) is 0 Å². The lowest BCUT2D eigenvalue weighted by atomic mass is 9.83. The van der Waals surface area contributed by atoms with Crippen LogP contribution in [0.15, 0.2) is 0 Å². The molecule has 6 rings (SSSR count). The highest BCUT2D eigenvalue weighted by Gasteiger charge is 2.38. The van der Waals surface area contributed by atoms with Gasteiger partial charge in [0.1, 0.15) is 0 Å². The van der Waals surface area contributed by atoms with Gasteiger partial charge in [-0.3, -0.25) is 19.4 Å². The molecule has 0 saturated carbocycles. The van der Waals surface area contributed by atoms with Crippen LogP contribution in [0, 0.1) is 11.8 Å². The summed E-state index contributed by atoms with van der Waals surface area (Å²) in [6, 6.07) is 0.127. The summed E-state index contributed by atoms with van der Waals surface area (Å²) in [5, 5.41) is 6.04. The molecule has 6 aliphatic heterocycles. The van der Waals surface area contributed by atoms with Gasteiger partial charge in [0.25, 0.3) is 0 Å². The Morgan fingerprint density at radius 1 is 0.708 bits per heavy atom. The van der Waals surface area contributed by atoms with Crippen LogP contribution >= 0.6 is 0 Å². The number of carbonyl (C=O) groups excluding carboxylic acids is 2. The number of amides is 2. The molecule has 0 aromatic rings.